The van der Waals surface area contributed by atoms with Crippen molar-refractivity contribution in [3.8, 4) is 23.0 Å². The van der Waals surface area contributed by atoms with Crippen molar-refractivity contribution >= 4 is 41.1 Å². The Hall–Kier alpha value is -4.44. The number of rotatable bonds is 8. The Morgan fingerprint density at radius 2 is 1.45 bits per heavy atom. The van der Waals surface area contributed by atoms with Crippen molar-refractivity contribution in [1.29, 1.82) is 0 Å². The third-order valence-corrected chi connectivity index (χ3v) is 4.80. The molecule has 6 radical (unpaired) electrons. The Labute approximate surface area is 234 Å². The van der Waals surface area contributed by atoms with Crippen LogP contribution in [0.15, 0.2) is 42.6 Å². The van der Waals surface area contributed by atoms with Crippen LogP contribution in [0.4, 0.5) is 40.8 Å². The van der Waals surface area contributed by atoms with Crippen molar-refractivity contribution in [2.24, 2.45) is 0 Å². The molecular weight excluding hydrogens is 585 g/mol. The van der Waals surface area contributed by atoms with Gasteiger partial charge in [0.1, 0.15) is 40.5 Å². The summed E-state index contributed by atoms with van der Waals surface area (Å²) in [7, 11) is 16.8. The van der Waals surface area contributed by atoms with E-state index in [9.17, 15) is 40.3 Å². The zero-order valence-corrected chi connectivity index (χ0v) is 20.7. The van der Waals surface area contributed by atoms with Crippen LogP contribution < -0.4 is 19.5 Å². The molecule has 0 saturated heterocycles. The van der Waals surface area contributed by atoms with Gasteiger partial charge in [0, 0.05) is 0 Å². The normalized spacial score (nSPS) is 11.9. The number of pyridine rings is 1. The maximum atomic E-state index is 15.2. The van der Waals surface area contributed by atoms with Gasteiger partial charge in [0.25, 0.3) is 5.91 Å². The molecule has 8 nitrogen and oxygen atoms in total. The minimum absolute atomic E-state index is 0.172. The molecule has 0 unspecified atom stereocenters. The molecule has 214 valence electrons. The number of methoxy groups -OCH3 is 1. The van der Waals surface area contributed by atoms with E-state index in [-0.39, 0.29) is 17.4 Å². The zero-order valence-electron chi connectivity index (χ0n) is 20.7. The summed E-state index contributed by atoms with van der Waals surface area (Å²) in [6.07, 6.45) is -9.81. The molecule has 2 aromatic carbocycles. The summed E-state index contributed by atoms with van der Waals surface area (Å²) in [6, 6.07) is 3.69. The van der Waals surface area contributed by atoms with E-state index in [4.69, 9.17) is 33.0 Å². The lowest BCUT2D eigenvalue weighted by atomic mass is 9.52. The summed E-state index contributed by atoms with van der Waals surface area (Å²) in [5.41, 5.74) is -3.77. The maximum absolute atomic E-state index is 15.2. The number of hydrogen-bond acceptors (Lipinski definition) is 7. The van der Waals surface area contributed by atoms with Crippen LogP contribution in [0, 0.1) is 11.6 Å². The highest BCUT2D eigenvalue weighted by atomic mass is 19.4. The predicted molar refractivity (Wildman–Crippen MR) is 129 cm³/mol. The molecule has 0 aliphatic heterocycles. The summed E-state index contributed by atoms with van der Waals surface area (Å²) in [5.74, 6) is -11.3. The van der Waals surface area contributed by atoms with Crippen LogP contribution in [-0.4, -0.2) is 59.2 Å². The highest BCUT2D eigenvalue weighted by molar-refractivity contribution is 6.58. The molecular formula is C23H11B3F8N2O6. The van der Waals surface area contributed by atoms with Gasteiger partial charge in [0.2, 0.25) is 5.82 Å². The van der Waals surface area contributed by atoms with Gasteiger partial charge in [-0.3, -0.25) is 4.79 Å². The molecule has 0 aliphatic carbocycles. The Kier molecular flexibility index (Phi) is 9.03. The molecule has 42 heavy (non-hydrogen) atoms. The van der Waals surface area contributed by atoms with Gasteiger partial charge in [-0.2, -0.15) is 17.6 Å². The van der Waals surface area contributed by atoms with E-state index in [0.29, 0.717) is 18.2 Å². The van der Waals surface area contributed by atoms with Gasteiger partial charge in [-0.1, -0.05) is 0 Å². The lowest BCUT2D eigenvalue weighted by molar-refractivity contribution is -0.275. The second-order valence-electron chi connectivity index (χ2n) is 7.99. The fourth-order valence-electron chi connectivity index (χ4n) is 3.16. The van der Waals surface area contributed by atoms with E-state index in [1.807, 2.05) is 5.32 Å². The number of carbonyl (C=O) groups is 2. The first-order chi connectivity index (χ1) is 19.3. The number of anilines is 1. The summed E-state index contributed by atoms with van der Waals surface area (Å²) in [4.78, 5) is 28.2. The van der Waals surface area contributed by atoms with E-state index in [0.717, 1.165) is 25.4 Å². The Bertz CT molecular complexity index is 1500. The van der Waals surface area contributed by atoms with Gasteiger partial charge in [-0.05, 0) is 41.7 Å². The minimum atomic E-state index is -5.39. The average Bonchev–Trinajstić information content (AvgIpc) is 2.85. The van der Waals surface area contributed by atoms with Gasteiger partial charge in [-0.25, -0.2) is 14.2 Å². The topological polar surface area (TPSA) is 96.0 Å². The summed E-state index contributed by atoms with van der Waals surface area (Å²) >= 11 is 0. The number of esters is 1. The van der Waals surface area contributed by atoms with Crippen LogP contribution in [0.5, 0.6) is 23.0 Å². The number of nitrogens with zero attached hydrogens (tertiary/aromatic N) is 1. The molecule has 1 heterocycles. The fraction of sp³-hybridized carbons (Fsp3) is 0.174. The molecule has 1 amide bonds. The standard InChI is InChI=1S/C23H11B3F8N2O6/c1-39-20(38)11-4-2-9(8-35-11)36-19(37)15-12(5-3-10(16(15)27)21(29,30)31)40-14-7-6-13(41-23(32,33)34)17(28)18(14)42-22(24,25)26/h2-8H,1H3,(H,36,37). The van der Waals surface area contributed by atoms with Gasteiger partial charge in [0.05, 0.1) is 24.6 Å². The van der Waals surface area contributed by atoms with Crippen LogP contribution in [0.3, 0.4) is 0 Å². The van der Waals surface area contributed by atoms with Crippen LogP contribution in [0.2, 0.25) is 0 Å². The van der Waals surface area contributed by atoms with Crippen molar-refractivity contribution < 1.29 is 63.7 Å². The third-order valence-electron chi connectivity index (χ3n) is 4.80. The van der Waals surface area contributed by atoms with E-state index in [2.05, 4.69) is 14.5 Å². The molecule has 3 aromatic rings. The summed E-state index contributed by atoms with van der Waals surface area (Å²) < 4.78 is 126. The molecule has 0 fully saturated rings. The monoisotopic (exact) mass is 596 g/mol. The molecule has 0 atom stereocenters. The molecule has 19 heteroatoms. The Morgan fingerprint density at radius 1 is 0.833 bits per heavy atom. The second kappa shape index (κ2) is 11.8. The number of benzene rings is 2. The van der Waals surface area contributed by atoms with Gasteiger partial charge < -0.3 is 24.3 Å². The van der Waals surface area contributed by atoms with Crippen molar-refractivity contribution in [2.45, 2.75) is 17.8 Å². The van der Waals surface area contributed by atoms with E-state index in [1.54, 1.807) is 0 Å². The van der Waals surface area contributed by atoms with Crippen LogP contribution in [0.25, 0.3) is 0 Å². The molecule has 0 saturated carbocycles. The van der Waals surface area contributed by atoms with E-state index < -0.39 is 75.5 Å². The molecule has 0 bridgehead atoms. The van der Waals surface area contributed by atoms with Crippen molar-refractivity contribution in [2.75, 3.05) is 12.4 Å². The van der Waals surface area contributed by atoms with Crippen molar-refractivity contribution in [3.63, 3.8) is 0 Å². The first-order valence-corrected chi connectivity index (χ1v) is 10.9. The largest absolute Gasteiger partial charge is 0.573 e. The predicted octanol–water partition coefficient (Wildman–Crippen LogP) is 4.60. The maximum Gasteiger partial charge on any atom is 0.573 e. The van der Waals surface area contributed by atoms with Gasteiger partial charge >= 0.3 is 18.5 Å². The van der Waals surface area contributed by atoms with Gasteiger partial charge in [0.15, 0.2) is 23.1 Å². The van der Waals surface area contributed by atoms with E-state index >= 15 is 4.39 Å². The molecule has 1 aromatic heterocycles. The first-order valence-electron chi connectivity index (χ1n) is 10.9. The van der Waals surface area contributed by atoms with Crippen molar-refractivity contribution in [1.82, 2.24) is 4.98 Å². The molecule has 0 aliphatic rings. The van der Waals surface area contributed by atoms with Gasteiger partial charge in [-0.15, -0.1) is 13.2 Å². The fourth-order valence-corrected chi connectivity index (χ4v) is 3.16. The van der Waals surface area contributed by atoms with Crippen LogP contribution in [-0.2, 0) is 10.9 Å². The number of carbonyl (C=O) groups excluding carboxylic acids is 2. The third kappa shape index (κ3) is 7.85. The first kappa shape index (κ1) is 32.1. The highest BCUT2D eigenvalue weighted by Crippen LogP contribution is 2.43. The van der Waals surface area contributed by atoms with Crippen LogP contribution in [0.1, 0.15) is 26.4 Å². The number of amides is 1. The second-order valence-corrected chi connectivity index (χ2v) is 7.99. The lowest BCUT2D eigenvalue weighted by Gasteiger charge is -2.26. The van der Waals surface area contributed by atoms with Crippen molar-refractivity contribution in [3.05, 3.63) is 71.1 Å². The summed E-state index contributed by atoms with van der Waals surface area (Å²) in [6.45, 7) is 0. The molecule has 0 spiro atoms. The number of halogens is 8. The Balaban J connectivity index is 2.12. The molecule has 3 rings (SSSR count). The minimum Gasteiger partial charge on any atom is -0.510 e. The number of ether oxygens (including phenoxy) is 4. The lowest BCUT2D eigenvalue weighted by Crippen LogP contribution is -2.38. The number of nitrogens with one attached hydrogen (secondary N) is 1. The average molecular weight is 596 g/mol. The smallest absolute Gasteiger partial charge is 0.510 e. The highest BCUT2D eigenvalue weighted by Gasteiger charge is 2.38. The Morgan fingerprint density at radius 3 is 1.98 bits per heavy atom. The van der Waals surface area contributed by atoms with Crippen LogP contribution >= 0.6 is 0 Å². The number of hydrogen-bond donors (Lipinski definition) is 1. The number of alkyl halides is 6. The van der Waals surface area contributed by atoms with E-state index in [1.165, 1.54) is 0 Å². The summed E-state index contributed by atoms with van der Waals surface area (Å²) in [5, 5.41) is -0.723. The zero-order chi connectivity index (χ0) is 31.6. The molecule has 1 N–H and O–H groups in total. The SMILES string of the molecule is [B]C([B])([B])Oc1c(Oc2ccc(C(F)(F)F)c(F)c2C(=O)Nc2ccc(C(=O)OC)nc2)ccc(OC(F)(F)F)c1F. The number of aromatic nitrogens is 1. The quantitative estimate of drug-likeness (QED) is 0.231.